The highest BCUT2D eigenvalue weighted by molar-refractivity contribution is 5.18. The summed E-state index contributed by atoms with van der Waals surface area (Å²) in [6.45, 7) is 2.00. The number of carbonyl (C=O) groups is 1. The van der Waals surface area contributed by atoms with Gasteiger partial charge in [0.05, 0.1) is 0 Å². The summed E-state index contributed by atoms with van der Waals surface area (Å²) in [6, 6.07) is 8.71. The fourth-order valence-corrected chi connectivity index (χ4v) is 0.686. The Balaban J connectivity index is 0.000000227. The first-order valence-corrected chi connectivity index (χ1v) is 4.15. The number of aromatic hydroxyl groups is 1. The Morgan fingerprint density at radius 2 is 1.80 bits per heavy atom. The second-order valence-electron chi connectivity index (χ2n) is 2.26. The highest BCUT2D eigenvalue weighted by atomic mass is 16.6. The van der Waals surface area contributed by atoms with E-state index in [2.05, 4.69) is 10.3 Å². The van der Waals surface area contributed by atoms with Crippen molar-refractivity contribution in [2.45, 2.75) is 0 Å². The molecule has 0 unspecified atom stereocenters. The molecule has 0 atom stereocenters. The molecule has 0 saturated carbocycles. The van der Waals surface area contributed by atoms with Crippen LogP contribution in [0.1, 0.15) is 0 Å². The lowest BCUT2D eigenvalue weighted by Gasteiger charge is -1.97. The van der Waals surface area contributed by atoms with E-state index in [0.717, 1.165) is 0 Å². The highest BCUT2D eigenvalue weighted by Crippen LogP contribution is 2.02. The van der Waals surface area contributed by atoms with Crippen LogP contribution >= 0.6 is 0 Å². The molecule has 1 heterocycles. The van der Waals surface area contributed by atoms with Crippen LogP contribution in [0, 0.1) is 0 Å². The van der Waals surface area contributed by atoms with E-state index in [4.69, 9.17) is 9.90 Å². The van der Waals surface area contributed by atoms with E-state index in [9.17, 15) is 0 Å². The van der Waals surface area contributed by atoms with Gasteiger partial charge in [-0.05, 0) is 24.3 Å². The van der Waals surface area contributed by atoms with Crippen molar-refractivity contribution >= 4 is 6.79 Å². The maximum absolute atomic E-state index is 8.63. The molecule has 2 N–H and O–H groups in total. The van der Waals surface area contributed by atoms with Crippen LogP contribution in [0.25, 0.3) is 0 Å². The summed E-state index contributed by atoms with van der Waals surface area (Å²) in [6.07, 6.45) is 6.93. The minimum Gasteiger partial charge on any atom is -0.508 e. The van der Waals surface area contributed by atoms with Crippen LogP contribution in [0.5, 0.6) is 5.75 Å². The van der Waals surface area contributed by atoms with Crippen LogP contribution in [0.3, 0.4) is 0 Å². The van der Waals surface area contributed by atoms with Crippen molar-refractivity contribution in [3.05, 3.63) is 54.9 Å². The monoisotopic (exact) mass is 207 g/mol. The predicted octanol–water partition coefficient (Wildman–Crippen LogP) is 1.76. The molecule has 0 spiro atoms. The Hall–Kier alpha value is -2.23. The smallest absolute Gasteiger partial charge is 0.119 e. The van der Waals surface area contributed by atoms with Crippen LogP contribution in [-0.2, 0) is 9.63 Å². The van der Waals surface area contributed by atoms with Gasteiger partial charge in [0.25, 0.3) is 0 Å². The summed E-state index contributed by atoms with van der Waals surface area (Å²) in [4.78, 5) is 12.6. The summed E-state index contributed by atoms with van der Waals surface area (Å²) >= 11 is 0. The minimum atomic E-state index is 0.322. The molecule has 0 radical (unpaired) electrons. The first kappa shape index (κ1) is 12.8. The lowest BCUT2D eigenvalue weighted by Crippen LogP contribution is -2.01. The maximum atomic E-state index is 8.63. The molecule has 0 amide bonds. The zero-order chi connectivity index (χ0) is 11.4. The van der Waals surface area contributed by atoms with Gasteiger partial charge in [-0.3, -0.25) is 0 Å². The molecule has 0 fully saturated rings. The molecule has 1 aliphatic heterocycles. The Bertz CT molecular complexity index is 284. The van der Waals surface area contributed by atoms with Gasteiger partial charge in [0.1, 0.15) is 18.8 Å². The number of hydrogen-bond acceptors (Lipinski definition) is 4. The van der Waals surface area contributed by atoms with Gasteiger partial charge in [-0.2, -0.15) is 0 Å². The van der Waals surface area contributed by atoms with E-state index < -0.39 is 0 Å². The van der Waals surface area contributed by atoms with E-state index in [1.54, 1.807) is 42.8 Å². The topological polar surface area (TPSA) is 58.6 Å². The number of carbonyl (C=O) groups excluding carboxylic acids is 1. The number of phenols is 1. The third-order valence-electron chi connectivity index (χ3n) is 1.25. The van der Waals surface area contributed by atoms with Crippen molar-refractivity contribution < 1.29 is 14.7 Å². The summed E-state index contributed by atoms with van der Waals surface area (Å²) in [5.41, 5.74) is 2.52. The Labute approximate surface area is 88.5 Å². The van der Waals surface area contributed by atoms with Gasteiger partial charge in [0, 0.05) is 6.20 Å². The minimum absolute atomic E-state index is 0.322. The number of phenolic OH excluding ortho intramolecular Hbond substituents is 1. The first-order chi connectivity index (χ1) is 7.39. The number of benzene rings is 1. The molecule has 15 heavy (non-hydrogen) atoms. The second kappa shape index (κ2) is 9.85. The van der Waals surface area contributed by atoms with Crippen molar-refractivity contribution in [1.29, 1.82) is 0 Å². The summed E-state index contributed by atoms with van der Waals surface area (Å²) in [5, 5.41) is 8.63. The van der Waals surface area contributed by atoms with Gasteiger partial charge < -0.3 is 14.7 Å². The quantitative estimate of drug-likeness (QED) is 0.680. The molecule has 0 bridgehead atoms. The van der Waals surface area contributed by atoms with E-state index in [-0.39, 0.29) is 0 Å². The lowest BCUT2D eigenvalue weighted by atomic mass is 10.3. The first-order valence-electron chi connectivity index (χ1n) is 4.15. The van der Waals surface area contributed by atoms with Crippen molar-refractivity contribution in [2.75, 3.05) is 0 Å². The fourth-order valence-electron chi connectivity index (χ4n) is 0.686. The zero-order valence-electron chi connectivity index (χ0n) is 8.17. The standard InChI is InChI=1S/C6H6O.C4H5NO.CH2O/c7-6-4-2-1-3-5-6;1-2-4-6-5-3-1;1-2/h1-5,7H;1-5H;1H2. The molecule has 4 nitrogen and oxygen atoms in total. The molecular formula is C11H13NO3. The Morgan fingerprint density at radius 1 is 1.13 bits per heavy atom. The highest BCUT2D eigenvalue weighted by Gasteiger charge is 1.74. The molecule has 0 aromatic heterocycles. The molecule has 1 aromatic rings. The molecule has 1 aliphatic rings. The second-order valence-corrected chi connectivity index (χ2v) is 2.26. The maximum Gasteiger partial charge on any atom is 0.119 e. The summed E-state index contributed by atoms with van der Waals surface area (Å²) in [7, 11) is 0. The van der Waals surface area contributed by atoms with E-state index in [0.29, 0.717) is 5.75 Å². The van der Waals surface area contributed by atoms with Crippen LogP contribution in [0.4, 0.5) is 0 Å². The van der Waals surface area contributed by atoms with Crippen LogP contribution in [0.2, 0.25) is 0 Å². The number of hydroxylamine groups is 1. The van der Waals surface area contributed by atoms with Gasteiger partial charge >= 0.3 is 0 Å². The van der Waals surface area contributed by atoms with E-state index in [1.807, 2.05) is 18.9 Å². The third kappa shape index (κ3) is 8.11. The average molecular weight is 207 g/mol. The number of allylic oxidation sites excluding steroid dienone is 2. The van der Waals surface area contributed by atoms with E-state index in [1.165, 1.54) is 0 Å². The molecule has 0 saturated heterocycles. The molecule has 80 valence electrons. The number of para-hydroxylation sites is 1. The van der Waals surface area contributed by atoms with Crippen LogP contribution < -0.4 is 5.48 Å². The van der Waals surface area contributed by atoms with E-state index >= 15 is 0 Å². The lowest BCUT2D eigenvalue weighted by molar-refractivity contribution is -0.0979. The Morgan fingerprint density at radius 3 is 2.00 bits per heavy atom. The summed E-state index contributed by atoms with van der Waals surface area (Å²) in [5.74, 6) is 0.322. The van der Waals surface area contributed by atoms with Gasteiger partial charge in [-0.15, -0.1) is 0 Å². The molecule has 0 aliphatic carbocycles. The van der Waals surface area contributed by atoms with Gasteiger partial charge in [-0.25, -0.2) is 5.48 Å². The Kier molecular flexibility index (Phi) is 8.39. The number of nitrogens with one attached hydrogen (secondary N) is 1. The van der Waals surface area contributed by atoms with Gasteiger partial charge in [0.15, 0.2) is 0 Å². The molecular weight excluding hydrogens is 194 g/mol. The van der Waals surface area contributed by atoms with Crippen molar-refractivity contribution in [3.8, 4) is 5.75 Å². The van der Waals surface area contributed by atoms with Crippen molar-refractivity contribution in [3.63, 3.8) is 0 Å². The SMILES string of the molecule is C1=CNOC=C1.C=O.Oc1ccccc1. The zero-order valence-corrected chi connectivity index (χ0v) is 8.17. The molecule has 2 rings (SSSR count). The van der Waals surface area contributed by atoms with Crippen molar-refractivity contribution in [2.24, 2.45) is 0 Å². The van der Waals surface area contributed by atoms with Crippen LogP contribution in [0.15, 0.2) is 54.9 Å². The average Bonchev–Trinajstić information content (AvgIpc) is 2.36. The normalized spacial score (nSPS) is 10.7. The molecule has 1 aromatic carbocycles. The van der Waals surface area contributed by atoms with Gasteiger partial charge in [-0.1, -0.05) is 18.2 Å². The van der Waals surface area contributed by atoms with Crippen LogP contribution in [-0.4, -0.2) is 11.9 Å². The number of hydrogen-bond donors (Lipinski definition) is 2. The summed E-state index contributed by atoms with van der Waals surface area (Å²) < 4.78 is 0. The molecule has 4 heteroatoms. The van der Waals surface area contributed by atoms with Crippen molar-refractivity contribution in [1.82, 2.24) is 5.48 Å². The largest absolute Gasteiger partial charge is 0.508 e. The number of rotatable bonds is 0. The fraction of sp³-hybridized carbons (Fsp3) is 0. The third-order valence-corrected chi connectivity index (χ3v) is 1.25. The van der Waals surface area contributed by atoms with Gasteiger partial charge in [0.2, 0.25) is 0 Å². The predicted molar refractivity (Wildman–Crippen MR) is 57.7 cm³/mol.